The molecule has 0 aromatic heterocycles. The van der Waals surface area contributed by atoms with Crippen LogP contribution in [0.1, 0.15) is 46.5 Å². The zero-order chi connectivity index (χ0) is 11.8. The average molecular weight is 221 g/mol. The first-order valence-corrected chi connectivity index (χ1v) is 6.54. The Morgan fingerprint density at radius 1 is 1.44 bits per heavy atom. The van der Waals surface area contributed by atoms with Crippen molar-refractivity contribution in [2.24, 2.45) is 23.2 Å². The molecule has 0 radical (unpaired) electrons. The standard InChI is InChI=1S/C14H23NO/c1-10(6-7-15)16-9-11-4-5-12-8-13(11)14(12,2)3/h10-13H,4-6,8-9H2,1-3H3/t10-,11-,12+,13+/m1/s1. The van der Waals surface area contributed by atoms with Crippen molar-refractivity contribution in [1.82, 2.24) is 0 Å². The maximum atomic E-state index is 8.59. The third-order valence-electron chi connectivity index (χ3n) is 4.97. The van der Waals surface area contributed by atoms with Crippen molar-refractivity contribution < 1.29 is 4.74 Å². The molecule has 3 fully saturated rings. The van der Waals surface area contributed by atoms with Gasteiger partial charge in [-0.2, -0.15) is 5.26 Å². The first-order valence-electron chi connectivity index (χ1n) is 6.54. The summed E-state index contributed by atoms with van der Waals surface area (Å²) in [6.45, 7) is 7.69. The van der Waals surface area contributed by atoms with Gasteiger partial charge in [0.15, 0.2) is 0 Å². The van der Waals surface area contributed by atoms with Crippen LogP contribution < -0.4 is 0 Å². The molecule has 0 aliphatic heterocycles. The normalized spacial score (nSPS) is 37.2. The molecule has 16 heavy (non-hydrogen) atoms. The summed E-state index contributed by atoms with van der Waals surface area (Å²) in [6, 6.07) is 2.17. The molecule has 3 rings (SSSR count). The first kappa shape index (κ1) is 11.9. The van der Waals surface area contributed by atoms with E-state index in [0.29, 0.717) is 11.8 Å². The van der Waals surface area contributed by atoms with Crippen LogP contribution in [0.2, 0.25) is 0 Å². The van der Waals surface area contributed by atoms with Gasteiger partial charge in [-0.1, -0.05) is 13.8 Å². The Morgan fingerprint density at radius 3 is 2.75 bits per heavy atom. The van der Waals surface area contributed by atoms with Gasteiger partial charge in [0, 0.05) is 0 Å². The zero-order valence-electron chi connectivity index (χ0n) is 10.7. The van der Waals surface area contributed by atoms with Crippen LogP contribution in [0.4, 0.5) is 0 Å². The van der Waals surface area contributed by atoms with Crippen molar-refractivity contribution in [2.75, 3.05) is 6.61 Å². The summed E-state index contributed by atoms with van der Waals surface area (Å²) < 4.78 is 5.79. The molecule has 0 aromatic carbocycles. The van der Waals surface area contributed by atoms with E-state index in [4.69, 9.17) is 10.00 Å². The van der Waals surface area contributed by atoms with E-state index in [1.165, 1.54) is 19.3 Å². The summed E-state index contributed by atoms with van der Waals surface area (Å²) in [7, 11) is 0. The lowest BCUT2D eigenvalue weighted by molar-refractivity contribution is -0.129. The van der Waals surface area contributed by atoms with Gasteiger partial charge in [-0.25, -0.2) is 0 Å². The highest BCUT2D eigenvalue weighted by atomic mass is 16.5. The van der Waals surface area contributed by atoms with Gasteiger partial charge in [0.05, 0.1) is 25.2 Å². The molecular weight excluding hydrogens is 198 g/mol. The summed E-state index contributed by atoms with van der Waals surface area (Å²) in [5, 5.41) is 8.59. The number of nitriles is 1. The summed E-state index contributed by atoms with van der Waals surface area (Å²) in [4.78, 5) is 0. The summed E-state index contributed by atoms with van der Waals surface area (Å²) in [5.74, 6) is 2.56. The maximum absolute atomic E-state index is 8.59. The summed E-state index contributed by atoms with van der Waals surface area (Å²) >= 11 is 0. The molecule has 4 atom stereocenters. The minimum absolute atomic E-state index is 0.103. The molecule has 2 bridgehead atoms. The minimum atomic E-state index is 0.103. The van der Waals surface area contributed by atoms with Crippen molar-refractivity contribution in [2.45, 2.75) is 52.6 Å². The van der Waals surface area contributed by atoms with E-state index < -0.39 is 0 Å². The zero-order valence-corrected chi connectivity index (χ0v) is 10.7. The largest absolute Gasteiger partial charge is 0.377 e. The molecule has 2 heteroatoms. The molecule has 2 nitrogen and oxygen atoms in total. The van der Waals surface area contributed by atoms with Gasteiger partial charge in [0.1, 0.15) is 0 Å². The molecular formula is C14H23NO. The van der Waals surface area contributed by atoms with E-state index >= 15 is 0 Å². The van der Waals surface area contributed by atoms with Gasteiger partial charge in [-0.3, -0.25) is 0 Å². The molecule has 0 saturated heterocycles. The van der Waals surface area contributed by atoms with Gasteiger partial charge in [0.25, 0.3) is 0 Å². The Balaban J connectivity index is 1.81. The van der Waals surface area contributed by atoms with Crippen LogP contribution >= 0.6 is 0 Å². The maximum Gasteiger partial charge on any atom is 0.0676 e. The van der Waals surface area contributed by atoms with Crippen LogP contribution in [0.3, 0.4) is 0 Å². The quantitative estimate of drug-likeness (QED) is 0.729. The van der Waals surface area contributed by atoms with Crippen LogP contribution in [0.25, 0.3) is 0 Å². The van der Waals surface area contributed by atoms with Gasteiger partial charge in [0.2, 0.25) is 0 Å². The molecule has 0 spiro atoms. The molecule has 0 amide bonds. The van der Waals surface area contributed by atoms with Crippen LogP contribution in [0.15, 0.2) is 0 Å². The van der Waals surface area contributed by atoms with E-state index in [2.05, 4.69) is 19.9 Å². The van der Waals surface area contributed by atoms with E-state index in [-0.39, 0.29) is 6.10 Å². The summed E-state index contributed by atoms with van der Waals surface area (Å²) in [5.41, 5.74) is 0.546. The molecule has 0 N–H and O–H groups in total. The second-order valence-corrected chi connectivity index (χ2v) is 6.20. The number of rotatable bonds is 4. The molecule has 3 saturated carbocycles. The number of nitrogens with zero attached hydrogens (tertiary/aromatic N) is 1. The van der Waals surface area contributed by atoms with Gasteiger partial charge >= 0.3 is 0 Å². The van der Waals surface area contributed by atoms with Crippen molar-refractivity contribution in [3.63, 3.8) is 0 Å². The Morgan fingerprint density at radius 2 is 2.19 bits per heavy atom. The number of ether oxygens (including phenoxy) is 1. The lowest BCUT2D eigenvalue weighted by Gasteiger charge is -2.60. The van der Waals surface area contributed by atoms with E-state index in [1.807, 2.05) is 6.92 Å². The lowest BCUT2D eigenvalue weighted by Crippen LogP contribution is -2.53. The van der Waals surface area contributed by atoms with E-state index in [1.54, 1.807) is 0 Å². The van der Waals surface area contributed by atoms with Gasteiger partial charge in [-0.05, 0) is 49.4 Å². The second kappa shape index (κ2) is 4.37. The lowest BCUT2D eigenvalue weighted by atomic mass is 9.46. The minimum Gasteiger partial charge on any atom is -0.377 e. The topological polar surface area (TPSA) is 33.0 Å². The Labute approximate surface area is 99.0 Å². The third kappa shape index (κ3) is 1.98. The molecule has 3 aliphatic rings. The predicted octanol–water partition coefficient (Wildman–Crippen LogP) is 3.38. The molecule has 90 valence electrons. The summed E-state index contributed by atoms with van der Waals surface area (Å²) in [6.07, 6.45) is 4.74. The SMILES string of the molecule is C[C@H](CC#N)OC[C@H]1CC[C@H]2C[C@@H]1C2(C)C. The van der Waals surface area contributed by atoms with Crippen LogP contribution in [-0.2, 0) is 4.74 Å². The highest BCUT2D eigenvalue weighted by molar-refractivity contribution is 5.03. The van der Waals surface area contributed by atoms with E-state index in [0.717, 1.165) is 24.4 Å². The third-order valence-corrected chi connectivity index (χ3v) is 4.97. The predicted molar refractivity (Wildman–Crippen MR) is 63.7 cm³/mol. The smallest absolute Gasteiger partial charge is 0.0676 e. The highest BCUT2D eigenvalue weighted by Gasteiger charge is 2.54. The van der Waals surface area contributed by atoms with Crippen LogP contribution in [-0.4, -0.2) is 12.7 Å². The fraction of sp³-hybridized carbons (Fsp3) is 0.929. The second-order valence-electron chi connectivity index (χ2n) is 6.20. The van der Waals surface area contributed by atoms with Crippen molar-refractivity contribution >= 4 is 0 Å². The molecule has 0 heterocycles. The van der Waals surface area contributed by atoms with Crippen molar-refractivity contribution in [3.8, 4) is 6.07 Å². The first-order chi connectivity index (χ1) is 7.55. The average Bonchev–Trinajstić information content (AvgIpc) is 2.27. The van der Waals surface area contributed by atoms with Crippen molar-refractivity contribution in [1.29, 1.82) is 5.26 Å². The number of hydrogen-bond donors (Lipinski definition) is 0. The van der Waals surface area contributed by atoms with Gasteiger partial charge < -0.3 is 4.74 Å². The molecule has 0 aromatic rings. The number of fused-ring (bicyclic) bond motifs is 2. The molecule has 0 unspecified atom stereocenters. The monoisotopic (exact) mass is 221 g/mol. The number of hydrogen-bond acceptors (Lipinski definition) is 2. The Hall–Kier alpha value is -0.550. The fourth-order valence-corrected chi connectivity index (χ4v) is 3.64. The Bertz CT molecular complexity index is 290. The van der Waals surface area contributed by atoms with Gasteiger partial charge in [-0.15, -0.1) is 0 Å². The fourth-order valence-electron chi connectivity index (χ4n) is 3.64. The highest BCUT2D eigenvalue weighted by Crippen LogP contribution is 2.61. The van der Waals surface area contributed by atoms with E-state index in [9.17, 15) is 0 Å². The molecule has 3 aliphatic carbocycles. The van der Waals surface area contributed by atoms with Crippen LogP contribution in [0.5, 0.6) is 0 Å². The van der Waals surface area contributed by atoms with Crippen molar-refractivity contribution in [3.05, 3.63) is 0 Å². The Kier molecular flexibility index (Phi) is 3.26. The van der Waals surface area contributed by atoms with Crippen LogP contribution in [0, 0.1) is 34.5 Å².